The van der Waals surface area contributed by atoms with Crippen LogP contribution in [0.4, 0.5) is 0 Å². The molecule has 0 saturated heterocycles. The van der Waals surface area contributed by atoms with Gasteiger partial charge in [0.2, 0.25) is 5.91 Å². The van der Waals surface area contributed by atoms with Crippen LogP contribution in [0.1, 0.15) is 17.5 Å². The normalized spacial score (nSPS) is 16.9. The Morgan fingerprint density at radius 2 is 1.72 bits per heavy atom. The molecule has 0 bridgehead atoms. The van der Waals surface area contributed by atoms with Gasteiger partial charge >= 0.3 is 0 Å². The summed E-state index contributed by atoms with van der Waals surface area (Å²) in [5, 5.41) is 2.78. The van der Waals surface area contributed by atoms with Gasteiger partial charge in [0, 0.05) is 19.4 Å². The molecule has 0 fully saturated rings. The molecule has 132 valence electrons. The van der Waals surface area contributed by atoms with Crippen molar-refractivity contribution in [1.29, 1.82) is 0 Å². The van der Waals surface area contributed by atoms with E-state index in [4.69, 9.17) is 4.74 Å². The number of carbonyl (C=O) groups excluding carboxylic acids is 1. The Balaban J connectivity index is 1.46. The zero-order valence-electron chi connectivity index (χ0n) is 13.9. The summed E-state index contributed by atoms with van der Waals surface area (Å²) in [6.45, 7) is 0.928. The second kappa shape index (κ2) is 7.80. The van der Waals surface area contributed by atoms with Gasteiger partial charge in [0.15, 0.2) is 9.84 Å². The number of nitrogens with one attached hydrogen (secondary N) is 1. The zero-order valence-corrected chi connectivity index (χ0v) is 14.7. The van der Waals surface area contributed by atoms with E-state index in [0.29, 0.717) is 13.2 Å². The monoisotopic (exact) mass is 359 g/mol. The summed E-state index contributed by atoms with van der Waals surface area (Å²) in [5.41, 5.74) is 2.42. The highest BCUT2D eigenvalue weighted by Crippen LogP contribution is 2.19. The summed E-state index contributed by atoms with van der Waals surface area (Å²) in [6, 6.07) is 16.3. The molecule has 1 heterocycles. The van der Waals surface area contributed by atoms with Gasteiger partial charge in [-0.25, -0.2) is 8.42 Å². The Labute approximate surface area is 147 Å². The van der Waals surface area contributed by atoms with E-state index in [-0.39, 0.29) is 29.1 Å². The van der Waals surface area contributed by atoms with E-state index in [0.717, 1.165) is 6.42 Å². The standard InChI is InChI=1S/C19H21NO4S/c21-19(10-11-25(22,23)18-8-2-1-3-9-18)20-13-17-12-15-6-4-5-7-16(15)14-24-17/h1-9,17H,10-14H2,(H,20,21). The van der Waals surface area contributed by atoms with Crippen molar-refractivity contribution >= 4 is 15.7 Å². The number of hydrogen-bond acceptors (Lipinski definition) is 4. The van der Waals surface area contributed by atoms with Crippen LogP contribution in [0.25, 0.3) is 0 Å². The molecular formula is C19H21NO4S. The average molecular weight is 359 g/mol. The third kappa shape index (κ3) is 4.67. The Hall–Kier alpha value is -2.18. The third-order valence-corrected chi connectivity index (χ3v) is 6.00. The van der Waals surface area contributed by atoms with E-state index in [9.17, 15) is 13.2 Å². The molecule has 1 aliphatic heterocycles. The second-order valence-corrected chi connectivity index (χ2v) is 8.20. The molecule has 1 amide bonds. The van der Waals surface area contributed by atoms with Gasteiger partial charge in [0.1, 0.15) is 0 Å². The third-order valence-electron chi connectivity index (χ3n) is 4.27. The number of sulfone groups is 1. The lowest BCUT2D eigenvalue weighted by molar-refractivity contribution is -0.121. The van der Waals surface area contributed by atoms with E-state index < -0.39 is 9.84 Å². The van der Waals surface area contributed by atoms with Gasteiger partial charge in [-0.3, -0.25) is 4.79 Å². The first kappa shape index (κ1) is 17.6. The summed E-state index contributed by atoms with van der Waals surface area (Å²) < 4.78 is 30.1. The van der Waals surface area contributed by atoms with Crippen molar-refractivity contribution in [2.24, 2.45) is 0 Å². The number of rotatable bonds is 6. The predicted molar refractivity (Wildman–Crippen MR) is 94.8 cm³/mol. The van der Waals surface area contributed by atoms with Crippen LogP contribution in [0.15, 0.2) is 59.5 Å². The minimum Gasteiger partial charge on any atom is -0.371 e. The van der Waals surface area contributed by atoms with Crippen LogP contribution < -0.4 is 5.32 Å². The highest BCUT2D eigenvalue weighted by molar-refractivity contribution is 7.91. The number of benzene rings is 2. The Bertz CT molecular complexity index is 834. The molecule has 2 aromatic rings. The molecule has 3 rings (SSSR count). The number of amides is 1. The van der Waals surface area contributed by atoms with Crippen LogP contribution in [-0.4, -0.2) is 32.7 Å². The summed E-state index contributed by atoms with van der Waals surface area (Å²) >= 11 is 0. The average Bonchev–Trinajstić information content (AvgIpc) is 2.65. The van der Waals surface area contributed by atoms with E-state index in [1.54, 1.807) is 30.3 Å². The lowest BCUT2D eigenvalue weighted by atomic mass is 9.99. The molecule has 0 spiro atoms. The van der Waals surface area contributed by atoms with Crippen LogP contribution >= 0.6 is 0 Å². The van der Waals surface area contributed by atoms with Gasteiger partial charge < -0.3 is 10.1 Å². The molecule has 0 aliphatic carbocycles. The molecule has 5 nitrogen and oxygen atoms in total. The topological polar surface area (TPSA) is 72.5 Å². The largest absolute Gasteiger partial charge is 0.371 e. The van der Waals surface area contributed by atoms with Crippen LogP contribution in [0, 0.1) is 0 Å². The van der Waals surface area contributed by atoms with Gasteiger partial charge in [-0.2, -0.15) is 0 Å². The smallest absolute Gasteiger partial charge is 0.221 e. The first-order chi connectivity index (χ1) is 12.0. The van der Waals surface area contributed by atoms with Crippen molar-refractivity contribution in [2.45, 2.75) is 30.4 Å². The Kier molecular flexibility index (Phi) is 5.50. The van der Waals surface area contributed by atoms with Crippen molar-refractivity contribution in [3.05, 3.63) is 65.7 Å². The second-order valence-electron chi connectivity index (χ2n) is 6.09. The first-order valence-corrected chi connectivity index (χ1v) is 9.93. The molecule has 0 saturated carbocycles. The first-order valence-electron chi connectivity index (χ1n) is 8.27. The molecule has 6 heteroatoms. The van der Waals surface area contributed by atoms with Crippen molar-refractivity contribution < 1.29 is 17.9 Å². The van der Waals surface area contributed by atoms with E-state index in [2.05, 4.69) is 11.4 Å². The van der Waals surface area contributed by atoms with Crippen LogP contribution in [-0.2, 0) is 32.4 Å². The molecular weight excluding hydrogens is 338 g/mol. The number of fused-ring (bicyclic) bond motifs is 1. The molecule has 1 N–H and O–H groups in total. The van der Waals surface area contributed by atoms with Crippen molar-refractivity contribution in [3.8, 4) is 0 Å². The summed E-state index contributed by atoms with van der Waals surface area (Å²) in [5.74, 6) is -0.473. The maximum Gasteiger partial charge on any atom is 0.221 e. The SMILES string of the molecule is O=C(CCS(=O)(=O)c1ccccc1)NCC1Cc2ccccc2CO1. The lowest BCUT2D eigenvalue weighted by Gasteiger charge is -2.25. The molecule has 0 aromatic heterocycles. The quantitative estimate of drug-likeness (QED) is 0.857. The molecule has 1 aliphatic rings. The summed E-state index contributed by atoms with van der Waals surface area (Å²) in [6.07, 6.45) is 0.615. The fourth-order valence-electron chi connectivity index (χ4n) is 2.83. The maximum atomic E-state index is 12.2. The van der Waals surface area contributed by atoms with Gasteiger partial charge in [-0.15, -0.1) is 0 Å². The Morgan fingerprint density at radius 1 is 1.04 bits per heavy atom. The fourth-order valence-corrected chi connectivity index (χ4v) is 4.09. The molecule has 25 heavy (non-hydrogen) atoms. The predicted octanol–water partition coefficient (Wildman–Crippen LogP) is 2.11. The minimum absolute atomic E-state index is 0.0550. The van der Waals surface area contributed by atoms with Gasteiger partial charge in [0.25, 0.3) is 0 Å². The number of ether oxygens (including phenoxy) is 1. The van der Waals surface area contributed by atoms with Gasteiger partial charge in [-0.1, -0.05) is 42.5 Å². The molecule has 1 unspecified atom stereocenters. The number of hydrogen-bond donors (Lipinski definition) is 1. The molecule has 0 radical (unpaired) electrons. The van der Waals surface area contributed by atoms with Crippen molar-refractivity contribution in [1.82, 2.24) is 5.32 Å². The van der Waals surface area contributed by atoms with Crippen LogP contribution in [0.3, 0.4) is 0 Å². The molecule has 2 aromatic carbocycles. The lowest BCUT2D eigenvalue weighted by Crippen LogP contribution is -2.37. The van der Waals surface area contributed by atoms with Gasteiger partial charge in [-0.05, 0) is 23.3 Å². The Morgan fingerprint density at radius 3 is 2.48 bits per heavy atom. The highest BCUT2D eigenvalue weighted by Gasteiger charge is 2.20. The van der Waals surface area contributed by atoms with Gasteiger partial charge in [0.05, 0.1) is 23.4 Å². The van der Waals surface area contributed by atoms with Crippen molar-refractivity contribution in [2.75, 3.05) is 12.3 Å². The molecule has 1 atom stereocenters. The van der Waals surface area contributed by atoms with Crippen LogP contribution in [0.2, 0.25) is 0 Å². The van der Waals surface area contributed by atoms with E-state index in [1.807, 2.05) is 18.2 Å². The fraction of sp³-hybridized carbons (Fsp3) is 0.316. The zero-order chi connectivity index (χ0) is 17.7. The maximum absolute atomic E-state index is 12.2. The summed E-state index contributed by atoms with van der Waals surface area (Å²) in [7, 11) is -3.43. The minimum atomic E-state index is -3.43. The van der Waals surface area contributed by atoms with E-state index >= 15 is 0 Å². The highest BCUT2D eigenvalue weighted by atomic mass is 32.2. The summed E-state index contributed by atoms with van der Waals surface area (Å²) in [4.78, 5) is 12.2. The van der Waals surface area contributed by atoms with Crippen LogP contribution in [0.5, 0.6) is 0 Å². The number of carbonyl (C=O) groups is 1. The van der Waals surface area contributed by atoms with Crippen molar-refractivity contribution in [3.63, 3.8) is 0 Å². The van der Waals surface area contributed by atoms with E-state index in [1.165, 1.54) is 11.1 Å².